The van der Waals surface area contributed by atoms with Gasteiger partial charge in [-0.15, -0.1) is 0 Å². The van der Waals surface area contributed by atoms with E-state index in [-0.39, 0.29) is 31.4 Å². The maximum absolute atomic E-state index is 14.9. The zero-order valence-corrected chi connectivity index (χ0v) is 30.2. The van der Waals surface area contributed by atoms with Crippen LogP contribution in [0.15, 0.2) is 78.9 Å². The smallest absolute Gasteiger partial charge is 0.313 e. The van der Waals surface area contributed by atoms with E-state index >= 15 is 0 Å². The Bertz CT molecular complexity index is 1650. The minimum atomic E-state index is -1.51. The summed E-state index contributed by atoms with van der Waals surface area (Å²) in [6, 6.07) is 14.7. The number of aliphatic hydroxyl groups is 1. The van der Waals surface area contributed by atoms with Gasteiger partial charge in [-0.25, -0.2) is 0 Å². The molecule has 51 heavy (non-hydrogen) atoms. The van der Waals surface area contributed by atoms with Crippen LogP contribution in [-0.2, 0) is 28.7 Å². The molecule has 2 aromatic carbocycles. The highest BCUT2D eigenvalue weighted by Crippen LogP contribution is 2.54. The number of rotatable bonds is 8. The van der Waals surface area contributed by atoms with E-state index in [1.807, 2.05) is 74.5 Å². The number of nitrogens with zero attached hydrogens (tertiary/aromatic N) is 4. The lowest BCUT2D eigenvalue weighted by atomic mass is 9.77. The number of likely N-dealkylation sites (N-methyl/N-ethyl adjacent to an activating group) is 1. The average molecular weight is 699 g/mol. The Morgan fingerprint density at radius 3 is 2.31 bits per heavy atom. The first-order valence-corrected chi connectivity index (χ1v) is 18.2. The third-order valence-corrected chi connectivity index (χ3v) is 11.2. The van der Waals surface area contributed by atoms with E-state index in [0.717, 1.165) is 18.8 Å². The molecule has 1 N–H and O–H groups in total. The number of aliphatic hydroxyl groups excluding tert-OH is 1. The lowest BCUT2D eigenvalue weighted by Gasteiger charge is -2.38. The van der Waals surface area contributed by atoms with E-state index in [2.05, 4.69) is 18.7 Å². The van der Waals surface area contributed by atoms with Crippen molar-refractivity contribution in [2.24, 2.45) is 11.8 Å². The van der Waals surface area contributed by atoms with Gasteiger partial charge in [0.2, 0.25) is 11.8 Å². The first kappa shape index (κ1) is 36.3. The number of esters is 1. The van der Waals surface area contributed by atoms with Gasteiger partial charge in [0.05, 0.1) is 30.7 Å². The van der Waals surface area contributed by atoms with Crippen molar-refractivity contribution in [1.29, 1.82) is 0 Å². The van der Waals surface area contributed by atoms with Crippen LogP contribution in [0.4, 0.5) is 11.4 Å². The standard InChI is InChI=1S/C40H50N4O7/c1-6-28(25-45)44-36-38(48)43(30-21-19-29(20-22-30)42(7-2)8-3)24-14-23-40(36)34(37(44)47)33-31(51-40)17-12-13-18-32(46)41(5)26(4)35(50-39(33)49)27-15-10-9-11-16-27/h9-12,14-17,19-23,26,28,31,33-36,45H,6-8,13,18,24-25H2,1-5H3/b17-12-/t26-,28+,31-,33+,34+,35+,36-,40+/m1/s1. The lowest BCUT2D eigenvalue weighted by Crippen LogP contribution is -2.58. The number of hydrogen-bond acceptors (Lipinski definition) is 8. The molecule has 3 amide bonds. The van der Waals surface area contributed by atoms with Crippen molar-refractivity contribution in [3.63, 3.8) is 0 Å². The number of ether oxygens (including phenoxy) is 2. The second-order valence-electron chi connectivity index (χ2n) is 13.9. The zero-order valence-electron chi connectivity index (χ0n) is 30.2. The van der Waals surface area contributed by atoms with Crippen LogP contribution in [0.5, 0.6) is 0 Å². The van der Waals surface area contributed by atoms with Gasteiger partial charge in [-0.1, -0.05) is 61.6 Å². The fourth-order valence-electron chi connectivity index (χ4n) is 8.30. The van der Waals surface area contributed by atoms with Crippen molar-refractivity contribution >= 4 is 35.1 Å². The second kappa shape index (κ2) is 15.0. The summed E-state index contributed by atoms with van der Waals surface area (Å²) < 4.78 is 13.2. The number of hydrogen-bond donors (Lipinski definition) is 1. The van der Waals surface area contributed by atoms with E-state index in [0.29, 0.717) is 24.1 Å². The summed E-state index contributed by atoms with van der Waals surface area (Å²) in [5, 5.41) is 10.5. The number of benzene rings is 2. The summed E-state index contributed by atoms with van der Waals surface area (Å²) in [6.45, 7) is 9.45. The molecule has 4 aliphatic heterocycles. The molecule has 2 aromatic rings. The number of anilines is 2. The monoisotopic (exact) mass is 698 g/mol. The largest absolute Gasteiger partial charge is 0.455 e. The Balaban J connectivity index is 1.44. The van der Waals surface area contributed by atoms with Gasteiger partial charge >= 0.3 is 5.97 Å². The van der Waals surface area contributed by atoms with Crippen molar-refractivity contribution < 1.29 is 33.8 Å². The summed E-state index contributed by atoms with van der Waals surface area (Å²) in [4.78, 5) is 64.4. The van der Waals surface area contributed by atoms with Crippen LogP contribution in [0.1, 0.15) is 58.6 Å². The first-order chi connectivity index (χ1) is 24.6. The van der Waals surface area contributed by atoms with Crippen molar-refractivity contribution in [3.8, 4) is 0 Å². The molecule has 11 nitrogen and oxygen atoms in total. The molecule has 6 rings (SSSR count). The number of fused-ring (bicyclic) bond motifs is 2. The Kier molecular flexibility index (Phi) is 10.7. The van der Waals surface area contributed by atoms with Gasteiger partial charge in [0.25, 0.3) is 5.91 Å². The molecule has 0 saturated carbocycles. The highest BCUT2D eigenvalue weighted by Gasteiger charge is 2.72. The van der Waals surface area contributed by atoms with Gasteiger partial charge in [-0.3, -0.25) is 19.2 Å². The summed E-state index contributed by atoms with van der Waals surface area (Å²) >= 11 is 0. The van der Waals surface area contributed by atoms with Crippen LogP contribution in [0.25, 0.3) is 0 Å². The molecule has 8 atom stereocenters. The van der Waals surface area contributed by atoms with Crippen LogP contribution in [0.3, 0.4) is 0 Å². The number of allylic oxidation sites excluding steroid dienone is 1. The molecule has 0 radical (unpaired) electrons. The van der Waals surface area contributed by atoms with Crippen molar-refractivity contribution in [2.45, 2.75) is 82.9 Å². The van der Waals surface area contributed by atoms with Crippen LogP contribution in [0.2, 0.25) is 0 Å². The van der Waals surface area contributed by atoms with Gasteiger partial charge in [-0.05, 0) is 63.4 Å². The van der Waals surface area contributed by atoms with Gasteiger partial charge in [0.15, 0.2) is 0 Å². The number of carbonyl (C=O) groups is 4. The summed E-state index contributed by atoms with van der Waals surface area (Å²) in [5.74, 6) is -3.70. The summed E-state index contributed by atoms with van der Waals surface area (Å²) in [5.41, 5.74) is 0.915. The topological polar surface area (TPSA) is 120 Å². The molecule has 0 unspecified atom stereocenters. The Labute approximate surface area is 300 Å². The van der Waals surface area contributed by atoms with Crippen LogP contribution >= 0.6 is 0 Å². The van der Waals surface area contributed by atoms with Crippen molar-refractivity contribution in [3.05, 3.63) is 84.5 Å². The van der Waals surface area contributed by atoms with E-state index in [1.165, 1.54) is 4.90 Å². The summed E-state index contributed by atoms with van der Waals surface area (Å²) in [6.07, 6.45) is 6.48. The molecule has 0 bridgehead atoms. The van der Waals surface area contributed by atoms with Crippen molar-refractivity contribution in [2.75, 3.05) is 43.1 Å². The summed E-state index contributed by atoms with van der Waals surface area (Å²) in [7, 11) is 1.70. The molecular weight excluding hydrogens is 648 g/mol. The molecule has 11 heteroatoms. The lowest BCUT2D eigenvalue weighted by molar-refractivity contribution is -0.164. The van der Waals surface area contributed by atoms with E-state index in [4.69, 9.17) is 9.47 Å². The fraction of sp³-hybridized carbons (Fsp3) is 0.500. The van der Waals surface area contributed by atoms with E-state index in [9.17, 15) is 24.3 Å². The Morgan fingerprint density at radius 2 is 1.67 bits per heavy atom. The molecule has 2 fully saturated rings. The molecule has 4 heterocycles. The third kappa shape index (κ3) is 6.35. The van der Waals surface area contributed by atoms with Gasteiger partial charge in [-0.2, -0.15) is 0 Å². The molecule has 1 spiro atoms. The van der Waals surface area contributed by atoms with E-state index in [1.54, 1.807) is 35.1 Å². The quantitative estimate of drug-likeness (QED) is 0.321. The molecule has 0 aromatic heterocycles. The van der Waals surface area contributed by atoms with Crippen LogP contribution in [0, 0.1) is 11.8 Å². The third-order valence-electron chi connectivity index (χ3n) is 11.2. The Hall–Kier alpha value is -4.48. The highest BCUT2D eigenvalue weighted by molar-refractivity contribution is 6.05. The fourth-order valence-corrected chi connectivity index (χ4v) is 8.30. The molecule has 0 aliphatic carbocycles. The minimum absolute atomic E-state index is 0.0907. The van der Waals surface area contributed by atoms with Crippen molar-refractivity contribution in [1.82, 2.24) is 9.80 Å². The molecule has 4 aliphatic rings. The highest BCUT2D eigenvalue weighted by atomic mass is 16.6. The molecular formula is C40H50N4O7. The molecule has 272 valence electrons. The molecule has 2 saturated heterocycles. The predicted molar refractivity (Wildman–Crippen MR) is 194 cm³/mol. The number of cyclic esters (lactones) is 1. The van der Waals surface area contributed by atoms with E-state index < -0.39 is 59.6 Å². The number of likely N-dealkylation sites (tertiary alicyclic amines) is 1. The van der Waals surface area contributed by atoms with Gasteiger partial charge in [0, 0.05) is 44.5 Å². The number of carbonyl (C=O) groups excluding carboxylic acids is 4. The zero-order chi connectivity index (χ0) is 36.4. The minimum Gasteiger partial charge on any atom is -0.455 e. The van der Waals surface area contributed by atoms with Crippen LogP contribution in [-0.4, -0.2) is 102 Å². The maximum atomic E-state index is 14.9. The first-order valence-electron chi connectivity index (χ1n) is 18.2. The SMILES string of the molecule is CC[C@@H](CO)N1C(=O)[C@@H]2[C@H]3C(=O)O[C@H](c4ccccc4)[C@@H](C)N(C)C(=O)CC/C=C\[C@H]3O[C@@]23C=CCN(c2ccc(N(CC)CC)cc2)C(=O)[C@@H]13. The second-order valence-corrected chi connectivity index (χ2v) is 13.9. The predicted octanol–water partition coefficient (Wildman–Crippen LogP) is 4.27. The number of amides is 3. The van der Waals surface area contributed by atoms with Gasteiger partial charge < -0.3 is 34.2 Å². The Morgan fingerprint density at radius 1 is 0.961 bits per heavy atom. The maximum Gasteiger partial charge on any atom is 0.313 e. The normalized spacial score (nSPS) is 30.8. The average Bonchev–Trinajstić information content (AvgIpc) is 3.54. The van der Waals surface area contributed by atoms with Crippen LogP contribution < -0.4 is 9.80 Å². The van der Waals surface area contributed by atoms with Gasteiger partial charge in [0.1, 0.15) is 23.7 Å².